The third kappa shape index (κ3) is 3.78. The van der Waals surface area contributed by atoms with Crippen LogP contribution < -0.4 is 5.32 Å². The fraction of sp³-hybridized carbons (Fsp3) is 0.619. The van der Waals surface area contributed by atoms with Crippen molar-refractivity contribution in [2.24, 2.45) is 0 Å². The Morgan fingerprint density at radius 3 is 2.54 bits per heavy atom. The Morgan fingerprint density at radius 1 is 1.12 bits per heavy atom. The van der Waals surface area contributed by atoms with Gasteiger partial charge in [-0.3, -0.25) is 14.5 Å². The summed E-state index contributed by atoms with van der Waals surface area (Å²) in [4.78, 5) is 28.4. The zero-order chi connectivity index (χ0) is 18.1. The summed E-state index contributed by atoms with van der Waals surface area (Å²) in [6.07, 6.45) is 6.39. The Balaban J connectivity index is 1.35. The highest BCUT2D eigenvalue weighted by atomic mass is 16.2. The first-order chi connectivity index (χ1) is 12.6. The average molecular weight is 355 g/mol. The molecule has 2 aliphatic carbocycles. The minimum Gasteiger partial charge on any atom is -0.352 e. The number of benzene rings is 1. The Labute approximate surface area is 155 Å². The molecule has 0 aromatic heterocycles. The second-order valence-corrected chi connectivity index (χ2v) is 8.00. The molecule has 1 aromatic rings. The van der Waals surface area contributed by atoms with Crippen LogP contribution in [0.1, 0.15) is 56.2 Å². The minimum absolute atomic E-state index is 0.134. The van der Waals surface area contributed by atoms with Gasteiger partial charge in [0.05, 0.1) is 6.54 Å². The van der Waals surface area contributed by atoms with E-state index in [0.29, 0.717) is 18.6 Å². The number of amides is 2. The number of nitrogens with one attached hydrogen (secondary N) is 1. The van der Waals surface area contributed by atoms with E-state index < -0.39 is 0 Å². The van der Waals surface area contributed by atoms with Crippen LogP contribution >= 0.6 is 0 Å². The first-order valence-electron chi connectivity index (χ1n) is 10.00. The van der Waals surface area contributed by atoms with Crippen LogP contribution in [0.25, 0.3) is 0 Å². The van der Waals surface area contributed by atoms with E-state index in [1.54, 1.807) is 6.92 Å². The highest BCUT2D eigenvalue weighted by Crippen LogP contribution is 2.41. The van der Waals surface area contributed by atoms with E-state index in [4.69, 9.17) is 0 Å². The van der Waals surface area contributed by atoms with Crippen LogP contribution in [0, 0.1) is 0 Å². The molecule has 1 heterocycles. The lowest BCUT2D eigenvalue weighted by Crippen LogP contribution is -2.48. The van der Waals surface area contributed by atoms with E-state index in [0.717, 1.165) is 38.8 Å². The molecule has 0 spiro atoms. The van der Waals surface area contributed by atoms with Gasteiger partial charge < -0.3 is 10.2 Å². The summed E-state index contributed by atoms with van der Waals surface area (Å²) in [7, 11) is 0. The molecule has 5 nitrogen and oxygen atoms in total. The molecule has 1 atom stereocenters. The molecule has 0 unspecified atom stereocenters. The van der Waals surface area contributed by atoms with Crippen molar-refractivity contribution in [1.29, 1.82) is 0 Å². The fourth-order valence-electron chi connectivity index (χ4n) is 4.56. The molecular formula is C21H29N3O2. The molecule has 1 saturated heterocycles. The molecule has 0 bridgehead atoms. The van der Waals surface area contributed by atoms with E-state index in [9.17, 15) is 9.59 Å². The first-order valence-corrected chi connectivity index (χ1v) is 10.00. The van der Waals surface area contributed by atoms with Crippen LogP contribution in [0.15, 0.2) is 24.3 Å². The van der Waals surface area contributed by atoms with Crippen LogP contribution in [0.4, 0.5) is 0 Å². The molecule has 4 rings (SSSR count). The van der Waals surface area contributed by atoms with E-state index >= 15 is 0 Å². The SMILES string of the molecule is CC(=O)N1CCC(NC(=O)CN(C2CC2)[C@@H]2CCc3ccccc32)CC1. The van der Waals surface area contributed by atoms with Gasteiger partial charge in [-0.05, 0) is 49.7 Å². The topological polar surface area (TPSA) is 52.7 Å². The van der Waals surface area contributed by atoms with Gasteiger partial charge in [-0.2, -0.15) is 0 Å². The van der Waals surface area contributed by atoms with E-state index in [1.807, 2.05) is 4.90 Å². The van der Waals surface area contributed by atoms with Crippen LogP contribution in [-0.4, -0.2) is 53.3 Å². The standard InChI is InChI=1S/C21H29N3O2/c1-15(25)23-12-10-17(11-13-23)22-21(26)14-24(18-7-8-18)20-9-6-16-4-2-3-5-19(16)20/h2-5,17-18,20H,6-14H2,1H3,(H,22,26)/t20-/m1/s1. The van der Waals surface area contributed by atoms with Gasteiger partial charge in [0.1, 0.15) is 0 Å². The molecule has 26 heavy (non-hydrogen) atoms. The quantitative estimate of drug-likeness (QED) is 0.881. The van der Waals surface area contributed by atoms with Crippen molar-refractivity contribution >= 4 is 11.8 Å². The molecule has 0 radical (unpaired) electrons. The van der Waals surface area contributed by atoms with Crippen molar-refractivity contribution in [1.82, 2.24) is 15.1 Å². The van der Waals surface area contributed by atoms with Crippen molar-refractivity contribution in [2.45, 2.75) is 63.6 Å². The predicted octanol–water partition coefficient (Wildman–Crippen LogP) is 2.27. The monoisotopic (exact) mass is 355 g/mol. The van der Waals surface area contributed by atoms with E-state index in [1.165, 1.54) is 24.0 Å². The lowest BCUT2D eigenvalue weighted by Gasteiger charge is -2.33. The third-order valence-corrected chi connectivity index (χ3v) is 6.15. The average Bonchev–Trinajstić information content (AvgIpc) is 3.39. The Kier molecular flexibility index (Phi) is 4.98. The van der Waals surface area contributed by atoms with Gasteiger partial charge in [-0.15, -0.1) is 0 Å². The normalized spacial score (nSPS) is 23.2. The number of piperidine rings is 1. The number of hydrogen-bond acceptors (Lipinski definition) is 3. The first kappa shape index (κ1) is 17.5. The maximum atomic E-state index is 12.7. The molecule has 2 amide bonds. The van der Waals surface area contributed by atoms with E-state index in [2.05, 4.69) is 34.5 Å². The molecule has 1 aliphatic heterocycles. The number of aryl methyl sites for hydroxylation is 1. The van der Waals surface area contributed by atoms with Gasteiger partial charge in [0.25, 0.3) is 0 Å². The molecule has 2 fully saturated rings. The van der Waals surface area contributed by atoms with Gasteiger partial charge in [-0.1, -0.05) is 24.3 Å². The van der Waals surface area contributed by atoms with Crippen molar-refractivity contribution in [2.75, 3.05) is 19.6 Å². The lowest BCUT2D eigenvalue weighted by atomic mass is 10.0. The summed E-state index contributed by atoms with van der Waals surface area (Å²) < 4.78 is 0. The van der Waals surface area contributed by atoms with Crippen molar-refractivity contribution in [3.05, 3.63) is 35.4 Å². The molecule has 140 valence electrons. The number of nitrogens with zero attached hydrogens (tertiary/aromatic N) is 2. The van der Waals surface area contributed by atoms with Crippen LogP contribution in [-0.2, 0) is 16.0 Å². The number of likely N-dealkylation sites (tertiary alicyclic amines) is 1. The zero-order valence-electron chi connectivity index (χ0n) is 15.6. The summed E-state index contributed by atoms with van der Waals surface area (Å²) >= 11 is 0. The third-order valence-electron chi connectivity index (χ3n) is 6.15. The minimum atomic E-state index is 0.134. The van der Waals surface area contributed by atoms with Crippen molar-refractivity contribution < 1.29 is 9.59 Å². The maximum absolute atomic E-state index is 12.7. The van der Waals surface area contributed by atoms with Crippen molar-refractivity contribution in [3.63, 3.8) is 0 Å². The van der Waals surface area contributed by atoms with Gasteiger partial charge in [0.2, 0.25) is 11.8 Å². The summed E-state index contributed by atoms with van der Waals surface area (Å²) in [5.41, 5.74) is 2.86. The van der Waals surface area contributed by atoms with Gasteiger partial charge >= 0.3 is 0 Å². The summed E-state index contributed by atoms with van der Waals surface area (Å²) in [5.74, 6) is 0.275. The summed E-state index contributed by atoms with van der Waals surface area (Å²) in [5, 5.41) is 3.22. The second-order valence-electron chi connectivity index (χ2n) is 8.00. The largest absolute Gasteiger partial charge is 0.352 e. The van der Waals surface area contributed by atoms with Gasteiger partial charge in [0, 0.05) is 38.1 Å². The maximum Gasteiger partial charge on any atom is 0.234 e. The number of hydrogen-bond donors (Lipinski definition) is 1. The lowest BCUT2D eigenvalue weighted by molar-refractivity contribution is -0.130. The van der Waals surface area contributed by atoms with Crippen LogP contribution in [0.2, 0.25) is 0 Å². The highest BCUT2D eigenvalue weighted by Gasteiger charge is 2.38. The molecule has 5 heteroatoms. The molecular weight excluding hydrogens is 326 g/mol. The summed E-state index contributed by atoms with van der Waals surface area (Å²) in [6.45, 7) is 3.62. The Morgan fingerprint density at radius 2 is 1.85 bits per heavy atom. The summed E-state index contributed by atoms with van der Waals surface area (Å²) in [6, 6.07) is 9.85. The number of carbonyl (C=O) groups excluding carboxylic acids is 2. The highest BCUT2D eigenvalue weighted by molar-refractivity contribution is 5.78. The van der Waals surface area contributed by atoms with Crippen LogP contribution in [0.5, 0.6) is 0 Å². The Bertz CT molecular complexity index is 678. The predicted molar refractivity (Wildman–Crippen MR) is 101 cm³/mol. The number of fused-ring (bicyclic) bond motifs is 1. The number of rotatable bonds is 5. The van der Waals surface area contributed by atoms with Gasteiger partial charge in [0.15, 0.2) is 0 Å². The molecule has 1 saturated carbocycles. The Hall–Kier alpha value is -1.88. The molecule has 1 aromatic carbocycles. The van der Waals surface area contributed by atoms with Crippen molar-refractivity contribution in [3.8, 4) is 0 Å². The van der Waals surface area contributed by atoms with Gasteiger partial charge in [-0.25, -0.2) is 0 Å². The van der Waals surface area contributed by atoms with Crippen LogP contribution in [0.3, 0.4) is 0 Å². The number of carbonyl (C=O) groups is 2. The fourth-order valence-corrected chi connectivity index (χ4v) is 4.56. The molecule has 3 aliphatic rings. The zero-order valence-corrected chi connectivity index (χ0v) is 15.6. The smallest absolute Gasteiger partial charge is 0.234 e. The molecule has 1 N–H and O–H groups in total. The second kappa shape index (κ2) is 7.39. The van der Waals surface area contributed by atoms with E-state index in [-0.39, 0.29) is 17.9 Å².